The number of hydrogen-bond donors (Lipinski definition) is 0. The van der Waals surface area contributed by atoms with Crippen molar-refractivity contribution in [3.8, 4) is 61.3 Å². The molecule has 0 saturated carbocycles. The first kappa shape index (κ1) is 59.4. The summed E-state index contributed by atoms with van der Waals surface area (Å²) < 4.78 is 2.54. The summed E-state index contributed by atoms with van der Waals surface area (Å²) in [5, 5.41) is 7.57. The van der Waals surface area contributed by atoms with Crippen molar-refractivity contribution in [2.45, 2.75) is 115 Å². The van der Waals surface area contributed by atoms with Crippen LogP contribution in [0.2, 0.25) is 0 Å². The molecule has 13 aromatic carbocycles. The predicted octanol–water partition coefficient (Wildman–Crippen LogP) is 23.4. The van der Waals surface area contributed by atoms with E-state index in [1.807, 2.05) is 11.8 Å². The average Bonchev–Trinajstić information content (AvgIpc) is 0.759. The zero-order chi connectivity index (χ0) is 64.7. The standard InChI is InChI=1S/C90H79BN2S/c1-87(2,3)62-39-45-77-72(49-62)73-50-63(88(4,5)6)40-46-78(73)92(77)66-41-44-76-81(55-66)94-82-54-65(90(10,11)12)53-80-85(82)91(76)75-43-38-61(48-79(75)93(80)86-70(56-27-17-13-18-28-56)51-64(89(7,8)9)52-71(86)57-29-19-14-20-30-57)60-37-42-69-74(47-60)84(59-33-23-16-24-34-59)68-36-26-25-35-67(68)83(69)58-31-21-15-22-32-58/h13-55H,1-12H3. The zero-order valence-corrected chi connectivity index (χ0v) is 57.0. The first-order valence-corrected chi connectivity index (χ1v) is 34.4. The van der Waals surface area contributed by atoms with Crippen LogP contribution in [-0.2, 0) is 21.7 Å². The molecule has 0 fully saturated rings. The summed E-state index contributed by atoms with van der Waals surface area (Å²) in [5.41, 5.74) is 28.3. The fourth-order valence-corrected chi connectivity index (χ4v) is 16.4. The van der Waals surface area contributed by atoms with Gasteiger partial charge in [0.05, 0.1) is 16.7 Å². The molecular weight excluding hydrogens is 1150 g/mol. The van der Waals surface area contributed by atoms with Crippen molar-refractivity contribution in [1.29, 1.82) is 0 Å². The Balaban J connectivity index is 0.989. The smallest absolute Gasteiger partial charge is 0.249 e. The molecule has 458 valence electrons. The van der Waals surface area contributed by atoms with E-state index in [0.717, 1.165) is 0 Å². The van der Waals surface area contributed by atoms with E-state index in [4.69, 9.17) is 0 Å². The van der Waals surface area contributed by atoms with Crippen molar-refractivity contribution in [2.75, 3.05) is 4.90 Å². The highest BCUT2D eigenvalue weighted by atomic mass is 32.2. The Bertz CT molecular complexity index is 5230. The lowest BCUT2D eigenvalue weighted by Gasteiger charge is -2.43. The Hall–Kier alpha value is -9.61. The molecule has 0 spiro atoms. The van der Waals surface area contributed by atoms with Gasteiger partial charge in [0.2, 0.25) is 6.71 Å². The van der Waals surface area contributed by atoms with Crippen molar-refractivity contribution in [2.24, 2.45) is 0 Å². The normalized spacial score (nSPS) is 13.2. The van der Waals surface area contributed by atoms with E-state index in [0.29, 0.717) is 0 Å². The number of rotatable bonds is 7. The molecule has 2 aliphatic rings. The number of anilines is 3. The van der Waals surface area contributed by atoms with E-state index < -0.39 is 0 Å². The highest BCUT2D eigenvalue weighted by Crippen LogP contribution is 2.53. The summed E-state index contributed by atoms with van der Waals surface area (Å²) in [4.78, 5) is 5.31. The van der Waals surface area contributed by atoms with Crippen molar-refractivity contribution in [3.05, 3.63) is 283 Å². The highest BCUT2D eigenvalue weighted by Gasteiger charge is 2.44. The number of aromatic nitrogens is 1. The molecule has 1 aromatic heterocycles. The van der Waals surface area contributed by atoms with Crippen LogP contribution in [0.3, 0.4) is 0 Å². The predicted molar refractivity (Wildman–Crippen MR) is 408 cm³/mol. The molecule has 0 atom stereocenters. The summed E-state index contributed by atoms with van der Waals surface area (Å²) in [6, 6.07) is 100. The molecule has 16 rings (SSSR count). The third kappa shape index (κ3) is 9.94. The van der Waals surface area contributed by atoms with Gasteiger partial charge in [0.15, 0.2) is 0 Å². The van der Waals surface area contributed by atoms with Gasteiger partial charge in [-0.2, -0.15) is 0 Å². The maximum absolute atomic E-state index is 2.72. The third-order valence-corrected chi connectivity index (χ3v) is 21.4. The molecule has 0 unspecified atom stereocenters. The van der Waals surface area contributed by atoms with Crippen LogP contribution in [0.1, 0.15) is 105 Å². The van der Waals surface area contributed by atoms with Crippen molar-refractivity contribution in [1.82, 2.24) is 4.57 Å². The first-order valence-electron chi connectivity index (χ1n) is 33.6. The van der Waals surface area contributed by atoms with Crippen LogP contribution in [0.15, 0.2) is 271 Å². The number of hydrogen-bond acceptors (Lipinski definition) is 2. The Morgan fingerprint density at radius 3 is 1.27 bits per heavy atom. The molecule has 0 radical (unpaired) electrons. The van der Waals surface area contributed by atoms with Gasteiger partial charge in [-0.1, -0.05) is 288 Å². The number of fused-ring (bicyclic) bond motifs is 9. The summed E-state index contributed by atoms with van der Waals surface area (Å²) in [6.07, 6.45) is 0. The lowest BCUT2D eigenvalue weighted by molar-refractivity contribution is 0.589. The Labute approximate surface area is 560 Å². The maximum atomic E-state index is 2.72. The molecule has 0 N–H and O–H groups in total. The van der Waals surface area contributed by atoms with E-state index in [2.05, 4.69) is 353 Å². The molecule has 2 aliphatic heterocycles. The fraction of sp³-hybridized carbons (Fsp3) is 0.178. The van der Waals surface area contributed by atoms with Crippen LogP contribution in [0.25, 0.3) is 105 Å². The minimum absolute atomic E-state index is 0.00288. The second-order valence-electron chi connectivity index (χ2n) is 30.5. The van der Waals surface area contributed by atoms with Crippen LogP contribution < -0.4 is 21.3 Å². The quantitative estimate of drug-likeness (QED) is 0.116. The van der Waals surface area contributed by atoms with Crippen LogP contribution in [0.4, 0.5) is 17.1 Å². The largest absolute Gasteiger partial charge is 0.310 e. The Morgan fingerprint density at radius 2 is 0.745 bits per heavy atom. The van der Waals surface area contributed by atoms with E-state index in [-0.39, 0.29) is 28.4 Å². The second kappa shape index (κ2) is 22.0. The van der Waals surface area contributed by atoms with Crippen molar-refractivity contribution >= 4 is 95.3 Å². The van der Waals surface area contributed by atoms with Gasteiger partial charge in [0.1, 0.15) is 0 Å². The third-order valence-electron chi connectivity index (χ3n) is 20.2. The summed E-state index contributed by atoms with van der Waals surface area (Å²) in [6.45, 7) is 28.1. The minimum atomic E-state index is -0.177. The number of nitrogens with zero attached hydrogens (tertiary/aromatic N) is 2. The lowest BCUT2D eigenvalue weighted by Crippen LogP contribution is -2.60. The molecule has 0 saturated heterocycles. The van der Waals surface area contributed by atoms with Gasteiger partial charge in [0.25, 0.3) is 0 Å². The maximum Gasteiger partial charge on any atom is 0.249 e. The fourth-order valence-electron chi connectivity index (χ4n) is 15.1. The van der Waals surface area contributed by atoms with E-state index in [1.165, 1.54) is 170 Å². The molecule has 4 heteroatoms. The van der Waals surface area contributed by atoms with Gasteiger partial charge in [-0.25, -0.2) is 0 Å². The highest BCUT2D eigenvalue weighted by molar-refractivity contribution is 8.00. The van der Waals surface area contributed by atoms with E-state index in [1.54, 1.807) is 0 Å². The topological polar surface area (TPSA) is 8.17 Å². The lowest BCUT2D eigenvalue weighted by atomic mass is 9.34. The van der Waals surface area contributed by atoms with Gasteiger partial charge in [-0.05, 0) is 194 Å². The van der Waals surface area contributed by atoms with E-state index >= 15 is 0 Å². The van der Waals surface area contributed by atoms with Gasteiger partial charge in [-0.3, -0.25) is 0 Å². The summed E-state index contributed by atoms with van der Waals surface area (Å²) in [7, 11) is 0. The van der Waals surface area contributed by atoms with Gasteiger partial charge < -0.3 is 9.47 Å². The first-order chi connectivity index (χ1) is 45.2. The van der Waals surface area contributed by atoms with Crippen molar-refractivity contribution < 1.29 is 0 Å². The van der Waals surface area contributed by atoms with E-state index in [9.17, 15) is 0 Å². The molecule has 94 heavy (non-hydrogen) atoms. The summed E-state index contributed by atoms with van der Waals surface area (Å²) in [5.74, 6) is 0. The number of benzene rings is 13. The monoisotopic (exact) mass is 1230 g/mol. The molecule has 0 bridgehead atoms. The molecule has 0 amide bonds. The second-order valence-corrected chi connectivity index (χ2v) is 31.6. The van der Waals surface area contributed by atoms with Crippen molar-refractivity contribution in [3.63, 3.8) is 0 Å². The van der Waals surface area contributed by atoms with Crippen LogP contribution in [0.5, 0.6) is 0 Å². The van der Waals surface area contributed by atoms with Gasteiger partial charge in [-0.15, -0.1) is 0 Å². The van der Waals surface area contributed by atoms with Crippen LogP contribution in [0, 0.1) is 0 Å². The molecular formula is C90H79BN2S. The molecule has 3 heterocycles. The minimum Gasteiger partial charge on any atom is -0.310 e. The van der Waals surface area contributed by atoms with Gasteiger partial charge in [0, 0.05) is 48.8 Å². The van der Waals surface area contributed by atoms with Crippen LogP contribution >= 0.6 is 11.8 Å². The molecule has 0 aliphatic carbocycles. The summed E-state index contributed by atoms with van der Waals surface area (Å²) >= 11 is 1.95. The zero-order valence-electron chi connectivity index (χ0n) is 56.2. The Kier molecular flexibility index (Phi) is 13.9. The SMILES string of the molecule is CC(C)(C)c1cc(-c2ccccc2)c(N2c3cc(-c4ccc5c(-c6ccccc6)c6ccccc6c(-c6ccccc6)c5c4)ccc3B3c4ccc(-n5c6ccc(C(C)(C)C)cc6c6cc(C(C)(C)C)ccc65)cc4Sc4cc(C(C)(C)C)cc2c43)c(-c2ccccc2)c1. The Morgan fingerprint density at radius 1 is 0.298 bits per heavy atom. The average molecular weight is 1230 g/mol. The molecule has 14 aromatic rings. The van der Waals surface area contributed by atoms with Gasteiger partial charge >= 0.3 is 0 Å². The van der Waals surface area contributed by atoms with Crippen LogP contribution in [-0.4, -0.2) is 11.3 Å². The molecule has 2 nitrogen and oxygen atoms in total.